The van der Waals surface area contributed by atoms with Gasteiger partial charge < -0.3 is 10.2 Å². The number of amides is 2. The van der Waals surface area contributed by atoms with E-state index in [1.807, 2.05) is 6.07 Å². The topological polar surface area (TPSA) is 49.4 Å². The van der Waals surface area contributed by atoms with E-state index in [1.54, 1.807) is 30.1 Å². The van der Waals surface area contributed by atoms with Crippen LogP contribution in [0.1, 0.15) is 27.0 Å². The monoisotopic (exact) mass is 334 g/mol. The zero-order valence-corrected chi connectivity index (χ0v) is 14.0. The van der Waals surface area contributed by atoms with Gasteiger partial charge in [0.1, 0.15) is 5.82 Å². The van der Waals surface area contributed by atoms with Gasteiger partial charge in [0.15, 0.2) is 0 Å². The van der Waals surface area contributed by atoms with Crippen molar-refractivity contribution in [1.82, 2.24) is 10.2 Å². The van der Waals surface area contributed by atoms with Crippen LogP contribution < -0.4 is 5.32 Å². The predicted octanol–water partition coefficient (Wildman–Crippen LogP) is 2.84. The summed E-state index contributed by atoms with van der Waals surface area (Å²) in [5.74, 6) is -0.405. The molecule has 1 aromatic carbocycles. The molecule has 1 N–H and O–H groups in total. The number of benzene rings is 1. The molecule has 0 spiro atoms. The summed E-state index contributed by atoms with van der Waals surface area (Å²) < 4.78 is 12.9. The highest BCUT2D eigenvalue weighted by Gasteiger charge is 2.14. The Morgan fingerprint density at radius 2 is 1.87 bits per heavy atom. The third-order valence-corrected chi connectivity index (χ3v) is 4.45. The van der Waals surface area contributed by atoms with Crippen LogP contribution in [-0.2, 0) is 17.8 Å². The van der Waals surface area contributed by atoms with Gasteiger partial charge in [-0.15, -0.1) is 11.3 Å². The van der Waals surface area contributed by atoms with Crippen molar-refractivity contribution in [2.75, 3.05) is 13.6 Å². The summed E-state index contributed by atoms with van der Waals surface area (Å²) in [4.78, 5) is 26.5. The third-order valence-electron chi connectivity index (χ3n) is 3.38. The zero-order chi connectivity index (χ0) is 16.8. The predicted molar refractivity (Wildman–Crippen MR) is 88.9 cm³/mol. The minimum atomic E-state index is -0.261. The fourth-order valence-electron chi connectivity index (χ4n) is 2.04. The standard InChI is InChI=1S/C17H19FN2O2S/c1-12(21)19-11-15-7-8-16(23-15)17(22)20(2)10-9-13-3-5-14(18)6-4-13/h3-8H,9-11H2,1-2H3,(H,19,21). The molecule has 0 radical (unpaired) electrons. The van der Waals surface area contributed by atoms with Gasteiger partial charge >= 0.3 is 0 Å². The van der Waals surface area contributed by atoms with Crippen molar-refractivity contribution in [2.24, 2.45) is 0 Å². The Hall–Kier alpha value is -2.21. The number of carbonyl (C=O) groups is 2. The maximum Gasteiger partial charge on any atom is 0.263 e. The largest absolute Gasteiger partial charge is 0.351 e. The summed E-state index contributed by atoms with van der Waals surface area (Å²) >= 11 is 1.38. The number of carbonyl (C=O) groups excluding carboxylic acids is 2. The number of halogens is 1. The Morgan fingerprint density at radius 1 is 1.17 bits per heavy atom. The van der Waals surface area contributed by atoms with E-state index in [-0.39, 0.29) is 17.6 Å². The Kier molecular flexibility index (Phi) is 5.87. The number of rotatable bonds is 6. The Bertz CT molecular complexity index is 682. The van der Waals surface area contributed by atoms with E-state index in [0.717, 1.165) is 10.4 Å². The average molecular weight is 334 g/mol. The minimum absolute atomic E-state index is 0.0498. The molecule has 0 atom stereocenters. The van der Waals surface area contributed by atoms with Crippen LogP contribution in [0.5, 0.6) is 0 Å². The van der Waals surface area contributed by atoms with Gasteiger partial charge in [0, 0.05) is 25.4 Å². The van der Waals surface area contributed by atoms with Gasteiger partial charge in [-0.2, -0.15) is 0 Å². The number of hydrogen-bond acceptors (Lipinski definition) is 3. The van der Waals surface area contributed by atoms with Crippen molar-refractivity contribution in [3.05, 3.63) is 57.5 Å². The van der Waals surface area contributed by atoms with E-state index in [1.165, 1.54) is 30.4 Å². The molecule has 122 valence electrons. The highest BCUT2D eigenvalue weighted by Crippen LogP contribution is 2.18. The molecule has 23 heavy (non-hydrogen) atoms. The summed E-state index contributed by atoms with van der Waals surface area (Å²) in [6.45, 7) is 2.46. The van der Waals surface area contributed by atoms with Crippen LogP contribution in [0.25, 0.3) is 0 Å². The first-order valence-electron chi connectivity index (χ1n) is 7.29. The molecular weight excluding hydrogens is 315 g/mol. The molecule has 0 saturated carbocycles. The van der Waals surface area contributed by atoms with Crippen molar-refractivity contribution in [3.63, 3.8) is 0 Å². The molecule has 0 aliphatic rings. The first-order chi connectivity index (χ1) is 11.0. The highest BCUT2D eigenvalue weighted by atomic mass is 32.1. The lowest BCUT2D eigenvalue weighted by Crippen LogP contribution is -2.28. The van der Waals surface area contributed by atoms with Crippen molar-refractivity contribution in [2.45, 2.75) is 19.9 Å². The first-order valence-corrected chi connectivity index (χ1v) is 8.10. The van der Waals surface area contributed by atoms with Crippen molar-refractivity contribution >= 4 is 23.2 Å². The second-order valence-electron chi connectivity index (χ2n) is 5.28. The fourth-order valence-corrected chi connectivity index (χ4v) is 2.98. The van der Waals surface area contributed by atoms with E-state index in [0.29, 0.717) is 24.4 Å². The lowest BCUT2D eigenvalue weighted by molar-refractivity contribution is -0.119. The Balaban J connectivity index is 1.89. The van der Waals surface area contributed by atoms with Crippen LogP contribution in [0, 0.1) is 5.82 Å². The molecule has 1 heterocycles. The average Bonchev–Trinajstić information content (AvgIpc) is 3.00. The fraction of sp³-hybridized carbons (Fsp3) is 0.294. The molecule has 1 aromatic heterocycles. The van der Waals surface area contributed by atoms with E-state index in [2.05, 4.69) is 5.32 Å². The summed E-state index contributed by atoms with van der Waals surface area (Å²) in [7, 11) is 1.75. The summed E-state index contributed by atoms with van der Waals surface area (Å²) in [5, 5.41) is 2.71. The van der Waals surface area contributed by atoms with E-state index in [4.69, 9.17) is 0 Å². The van der Waals surface area contributed by atoms with E-state index >= 15 is 0 Å². The van der Waals surface area contributed by atoms with Crippen molar-refractivity contribution in [1.29, 1.82) is 0 Å². The molecule has 4 nitrogen and oxygen atoms in total. The Labute approximate surface area is 138 Å². The molecule has 2 rings (SSSR count). The number of thiophene rings is 1. The zero-order valence-electron chi connectivity index (χ0n) is 13.1. The quantitative estimate of drug-likeness (QED) is 0.883. The van der Waals surface area contributed by atoms with Gasteiger partial charge in [-0.1, -0.05) is 12.1 Å². The van der Waals surface area contributed by atoms with Crippen LogP contribution in [0.4, 0.5) is 4.39 Å². The van der Waals surface area contributed by atoms with Crippen LogP contribution >= 0.6 is 11.3 Å². The van der Waals surface area contributed by atoms with Gasteiger partial charge in [-0.3, -0.25) is 9.59 Å². The van der Waals surface area contributed by atoms with Gasteiger partial charge in [-0.25, -0.2) is 4.39 Å². The molecule has 2 aromatic rings. The maximum absolute atomic E-state index is 12.9. The summed E-state index contributed by atoms with van der Waals surface area (Å²) in [5.41, 5.74) is 0.989. The minimum Gasteiger partial charge on any atom is -0.351 e. The number of likely N-dealkylation sites (N-methyl/N-ethyl adjacent to an activating group) is 1. The smallest absolute Gasteiger partial charge is 0.263 e. The Morgan fingerprint density at radius 3 is 2.52 bits per heavy atom. The summed E-state index contributed by atoms with van der Waals surface area (Å²) in [6, 6.07) is 9.92. The highest BCUT2D eigenvalue weighted by molar-refractivity contribution is 7.14. The van der Waals surface area contributed by atoms with E-state index < -0.39 is 0 Å². The second-order valence-corrected chi connectivity index (χ2v) is 6.45. The summed E-state index contributed by atoms with van der Waals surface area (Å²) in [6.07, 6.45) is 0.673. The molecule has 6 heteroatoms. The van der Waals surface area contributed by atoms with Crippen molar-refractivity contribution < 1.29 is 14.0 Å². The molecular formula is C17H19FN2O2S. The van der Waals surface area contributed by atoms with Gasteiger partial charge in [0.05, 0.1) is 11.4 Å². The number of nitrogens with one attached hydrogen (secondary N) is 1. The molecule has 0 aliphatic heterocycles. The van der Waals surface area contributed by atoms with Crippen LogP contribution in [0.15, 0.2) is 36.4 Å². The SMILES string of the molecule is CC(=O)NCc1ccc(C(=O)N(C)CCc2ccc(F)cc2)s1. The van der Waals surface area contributed by atoms with Crippen LogP contribution in [0.3, 0.4) is 0 Å². The van der Waals surface area contributed by atoms with Crippen LogP contribution in [-0.4, -0.2) is 30.3 Å². The van der Waals surface area contributed by atoms with Gasteiger partial charge in [-0.05, 0) is 36.2 Å². The molecule has 0 bridgehead atoms. The number of hydrogen-bond donors (Lipinski definition) is 1. The first kappa shape index (κ1) is 17.1. The molecule has 0 saturated heterocycles. The second kappa shape index (κ2) is 7.87. The lowest BCUT2D eigenvalue weighted by atomic mass is 10.1. The molecule has 0 fully saturated rings. The number of nitrogens with zero attached hydrogens (tertiary/aromatic N) is 1. The van der Waals surface area contributed by atoms with Crippen molar-refractivity contribution in [3.8, 4) is 0 Å². The molecule has 0 aliphatic carbocycles. The molecule has 2 amide bonds. The normalized spacial score (nSPS) is 10.4. The van der Waals surface area contributed by atoms with Gasteiger partial charge in [0.25, 0.3) is 5.91 Å². The third kappa shape index (κ3) is 5.17. The lowest BCUT2D eigenvalue weighted by Gasteiger charge is -2.16. The molecule has 0 unspecified atom stereocenters. The van der Waals surface area contributed by atoms with Crippen LogP contribution in [0.2, 0.25) is 0 Å². The van der Waals surface area contributed by atoms with E-state index in [9.17, 15) is 14.0 Å². The maximum atomic E-state index is 12.9. The van der Waals surface area contributed by atoms with Gasteiger partial charge in [0.2, 0.25) is 5.91 Å².